The Bertz CT molecular complexity index is 884. The first-order valence-electron chi connectivity index (χ1n) is 11.7. The van der Waals surface area contributed by atoms with Gasteiger partial charge in [-0.3, -0.25) is 4.99 Å². The molecule has 2 heterocycles. The van der Waals surface area contributed by atoms with Gasteiger partial charge in [-0.25, -0.2) is 0 Å². The van der Waals surface area contributed by atoms with E-state index in [1.807, 2.05) is 7.05 Å². The topological polar surface area (TPSA) is 49.3 Å². The summed E-state index contributed by atoms with van der Waals surface area (Å²) in [5.41, 5.74) is 5.47. The van der Waals surface area contributed by atoms with Crippen LogP contribution in [0.4, 0.5) is 5.69 Å². The van der Waals surface area contributed by atoms with Crippen LogP contribution in [0.25, 0.3) is 0 Å². The molecule has 2 aliphatic rings. The Balaban J connectivity index is 1.23. The Morgan fingerprint density at radius 3 is 2.69 bits per heavy atom. The molecule has 0 aromatic heterocycles. The molecule has 0 amide bonds. The van der Waals surface area contributed by atoms with E-state index in [0.29, 0.717) is 19.1 Å². The van der Waals surface area contributed by atoms with Gasteiger partial charge in [-0.1, -0.05) is 42.5 Å². The van der Waals surface area contributed by atoms with Gasteiger partial charge < -0.3 is 24.6 Å². The highest BCUT2D eigenvalue weighted by Crippen LogP contribution is 2.28. The first-order chi connectivity index (χ1) is 15.8. The molecule has 6 nitrogen and oxygen atoms in total. The third kappa shape index (κ3) is 5.81. The standard InChI is InChI=1S/C26H36N4O2/c1-27-26(30-13-11-23(19-30)20-32-16-15-31-2)28-17-21-7-9-22(10-8-21)18-29-14-12-24-5-3-4-6-25(24)29/h3-10,23H,11-20H2,1-2H3,(H,27,28). The van der Waals surface area contributed by atoms with Crippen LogP contribution in [0.3, 0.4) is 0 Å². The molecule has 0 spiro atoms. The number of guanidine groups is 1. The number of hydrogen-bond acceptors (Lipinski definition) is 4. The quantitative estimate of drug-likeness (QED) is 0.371. The van der Waals surface area contributed by atoms with Crippen molar-refractivity contribution in [3.63, 3.8) is 0 Å². The van der Waals surface area contributed by atoms with Crippen molar-refractivity contribution in [2.75, 3.05) is 58.5 Å². The van der Waals surface area contributed by atoms with Gasteiger partial charge in [0.05, 0.1) is 19.8 Å². The maximum atomic E-state index is 5.71. The minimum absolute atomic E-state index is 0.556. The van der Waals surface area contributed by atoms with E-state index in [1.165, 1.54) is 22.4 Å². The fourth-order valence-corrected chi connectivity index (χ4v) is 4.62. The maximum absolute atomic E-state index is 5.71. The SMILES string of the molecule is CN=C(NCc1ccc(CN2CCc3ccccc32)cc1)N1CCC(COCCOC)C1. The van der Waals surface area contributed by atoms with Gasteiger partial charge in [0.1, 0.15) is 0 Å². The summed E-state index contributed by atoms with van der Waals surface area (Å²) in [4.78, 5) is 9.32. The van der Waals surface area contributed by atoms with E-state index >= 15 is 0 Å². The van der Waals surface area contributed by atoms with Gasteiger partial charge in [-0.15, -0.1) is 0 Å². The largest absolute Gasteiger partial charge is 0.382 e. The van der Waals surface area contributed by atoms with Crippen LogP contribution in [0.5, 0.6) is 0 Å². The predicted molar refractivity (Wildman–Crippen MR) is 130 cm³/mol. The summed E-state index contributed by atoms with van der Waals surface area (Å²) in [6.07, 6.45) is 2.29. The van der Waals surface area contributed by atoms with Crippen LogP contribution in [0.15, 0.2) is 53.5 Å². The van der Waals surface area contributed by atoms with Crippen LogP contribution in [-0.4, -0.2) is 64.5 Å². The molecule has 32 heavy (non-hydrogen) atoms. The summed E-state index contributed by atoms with van der Waals surface area (Å²) in [5, 5.41) is 3.53. The smallest absolute Gasteiger partial charge is 0.193 e. The lowest BCUT2D eigenvalue weighted by Crippen LogP contribution is -2.39. The number of methoxy groups -OCH3 is 1. The second-order valence-electron chi connectivity index (χ2n) is 8.69. The summed E-state index contributed by atoms with van der Waals surface area (Å²) in [5.74, 6) is 1.53. The molecule has 1 unspecified atom stereocenters. The zero-order valence-corrected chi connectivity index (χ0v) is 19.4. The molecule has 0 saturated carbocycles. The monoisotopic (exact) mass is 436 g/mol. The van der Waals surface area contributed by atoms with Gasteiger partial charge in [0.25, 0.3) is 0 Å². The summed E-state index contributed by atoms with van der Waals surface area (Å²) in [7, 11) is 3.57. The molecule has 0 radical (unpaired) electrons. The number of para-hydroxylation sites is 1. The van der Waals surface area contributed by atoms with Crippen molar-refractivity contribution in [1.29, 1.82) is 0 Å². The minimum atomic E-state index is 0.556. The van der Waals surface area contributed by atoms with Crippen LogP contribution < -0.4 is 10.2 Å². The van der Waals surface area contributed by atoms with Gasteiger partial charge in [-0.05, 0) is 35.6 Å². The molecule has 4 rings (SSSR count). The van der Waals surface area contributed by atoms with Crippen molar-refractivity contribution >= 4 is 11.6 Å². The van der Waals surface area contributed by atoms with E-state index in [4.69, 9.17) is 9.47 Å². The van der Waals surface area contributed by atoms with Crippen LogP contribution in [-0.2, 0) is 29.0 Å². The lowest BCUT2D eigenvalue weighted by Gasteiger charge is -2.22. The molecule has 1 saturated heterocycles. The number of rotatable bonds is 9. The number of nitrogens with zero attached hydrogens (tertiary/aromatic N) is 3. The molecule has 2 aromatic carbocycles. The Kier molecular flexibility index (Phi) is 8.02. The van der Waals surface area contributed by atoms with Crippen molar-refractivity contribution in [2.24, 2.45) is 10.9 Å². The van der Waals surface area contributed by atoms with Crippen molar-refractivity contribution in [3.05, 3.63) is 65.2 Å². The van der Waals surface area contributed by atoms with Crippen molar-refractivity contribution < 1.29 is 9.47 Å². The fourth-order valence-electron chi connectivity index (χ4n) is 4.62. The molecule has 0 aliphatic carbocycles. The number of hydrogen-bond donors (Lipinski definition) is 1. The van der Waals surface area contributed by atoms with Gasteiger partial charge in [0, 0.05) is 58.5 Å². The zero-order valence-electron chi connectivity index (χ0n) is 19.4. The Morgan fingerprint density at radius 2 is 1.88 bits per heavy atom. The molecule has 6 heteroatoms. The van der Waals surface area contributed by atoms with E-state index in [0.717, 1.165) is 58.1 Å². The number of nitrogens with one attached hydrogen (secondary N) is 1. The number of ether oxygens (including phenoxy) is 2. The van der Waals surface area contributed by atoms with Crippen molar-refractivity contribution in [2.45, 2.75) is 25.9 Å². The van der Waals surface area contributed by atoms with Crippen molar-refractivity contribution in [1.82, 2.24) is 10.2 Å². The van der Waals surface area contributed by atoms with Crippen LogP contribution >= 0.6 is 0 Å². The summed E-state index contributed by atoms with van der Waals surface area (Å²) in [6.45, 7) is 6.98. The van der Waals surface area contributed by atoms with Gasteiger partial charge >= 0.3 is 0 Å². The van der Waals surface area contributed by atoms with E-state index in [2.05, 4.69) is 68.6 Å². The van der Waals surface area contributed by atoms with Crippen LogP contribution in [0.1, 0.15) is 23.1 Å². The number of likely N-dealkylation sites (tertiary alicyclic amines) is 1. The third-order valence-electron chi connectivity index (χ3n) is 6.41. The zero-order chi connectivity index (χ0) is 22.2. The Morgan fingerprint density at radius 1 is 1.06 bits per heavy atom. The van der Waals surface area contributed by atoms with Crippen LogP contribution in [0, 0.1) is 5.92 Å². The summed E-state index contributed by atoms with van der Waals surface area (Å²) < 4.78 is 10.8. The molecular weight excluding hydrogens is 400 g/mol. The molecular formula is C26H36N4O2. The first kappa shape index (κ1) is 22.6. The van der Waals surface area contributed by atoms with E-state index in [1.54, 1.807) is 7.11 Å². The second-order valence-corrected chi connectivity index (χ2v) is 8.69. The van der Waals surface area contributed by atoms with E-state index in [9.17, 15) is 0 Å². The van der Waals surface area contributed by atoms with Crippen LogP contribution in [0.2, 0.25) is 0 Å². The van der Waals surface area contributed by atoms with Gasteiger partial charge in [-0.2, -0.15) is 0 Å². The Labute approximate surface area is 192 Å². The Hall–Kier alpha value is -2.57. The minimum Gasteiger partial charge on any atom is -0.382 e. The molecule has 1 atom stereocenters. The molecule has 1 fully saturated rings. The van der Waals surface area contributed by atoms with E-state index in [-0.39, 0.29) is 0 Å². The summed E-state index contributed by atoms with van der Waals surface area (Å²) >= 11 is 0. The molecule has 2 aromatic rings. The molecule has 172 valence electrons. The third-order valence-corrected chi connectivity index (χ3v) is 6.41. The first-order valence-corrected chi connectivity index (χ1v) is 11.7. The number of fused-ring (bicyclic) bond motifs is 1. The average molecular weight is 437 g/mol. The molecule has 2 aliphatic heterocycles. The normalized spacial score (nSPS) is 18.3. The summed E-state index contributed by atoms with van der Waals surface area (Å²) in [6, 6.07) is 17.7. The molecule has 0 bridgehead atoms. The van der Waals surface area contributed by atoms with Gasteiger partial charge in [0.2, 0.25) is 0 Å². The lowest BCUT2D eigenvalue weighted by molar-refractivity contribution is 0.0536. The van der Waals surface area contributed by atoms with Gasteiger partial charge in [0.15, 0.2) is 5.96 Å². The molecule has 1 N–H and O–H groups in total. The van der Waals surface area contributed by atoms with Crippen molar-refractivity contribution in [3.8, 4) is 0 Å². The fraction of sp³-hybridized carbons (Fsp3) is 0.500. The number of aliphatic imine (C=N–C) groups is 1. The predicted octanol–water partition coefficient (Wildman–Crippen LogP) is 3.31. The lowest BCUT2D eigenvalue weighted by atomic mass is 10.1. The highest BCUT2D eigenvalue weighted by atomic mass is 16.5. The average Bonchev–Trinajstić information content (AvgIpc) is 3.46. The number of anilines is 1. The van der Waals surface area contributed by atoms with E-state index < -0.39 is 0 Å². The maximum Gasteiger partial charge on any atom is 0.193 e. The number of benzene rings is 2. The highest BCUT2D eigenvalue weighted by Gasteiger charge is 2.25. The highest BCUT2D eigenvalue weighted by molar-refractivity contribution is 5.80. The second kappa shape index (κ2) is 11.3.